The molecule has 24 heavy (non-hydrogen) atoms. The average molecular weight is 397 g/mol. The summed E-state index contributed by atoms with van der Waals surface area (Å²) in [6.45, 7) is 7.45. The van der Waals surface area contributed by atoms with Crippen molar-refractivity contribution in [3.8, 4) is 0 Å². The summed E-state index contributed by atoms with van der Waals surface area (Å²) < 4.78 is 0. The zero-order valence-electron chi connectivity index (χ0n) is 14.2. The Morgan fingerprint density at radius 3 is 2.50 bits per heavy atom. The van der Waals surface area contributed by atoms with Crippen LogP contribution in [-0.2, 0) is 16.0 Å². The number of nitrogens with one attached hydrogen (secondary N) is 3. The van der Waals surface area contributed by atoms with E-state index in [0.717, 1.165) is 25.9 Å². The van der Waals surface area contributed by atoms with Gasteiger partial charge in [-0.15, -0.1) is 36.2 Å². The molecule has 0 spiro atoms. The number of aromatic nitrogens is 1. The molecule has 0 aromatic carbocycles. The van der Waals surface area contributed by atoms with Gasteiger partial charge in [0, 0.05) is 16.8 Å². The van der Waals surface area contributed by atoms with Crippen LogP contribution in [0.1, 0.15) is 39.3 Å². The van der Waals surface area contributed by atoms with Crippen LogP contribution in [0.5, 0.6) is 0 Å². The molecule has 1 fully saturated rings. The van der Waals surface area contributed by atoms with Gasteiger partial charge in [0.05, 0.1) is 12.1 Å². The summed E-state index contributed by atoms with van der Waals surface area (Å²) in [7, 11) is 0. The van der Waals surface area contributed by atoms with Crippen LogP contribution in [0.4, 0.5) is 5.13 Å². The number of amides is 2. The summed E-state index contributed by atoms with van der Waals surface area (Å²) in [5.41, 5.74) is 0.235. The average Bonchev–Trinajstić information content (AvgIpc) is 2.85. The first-order chi connectivity index (χ1) is 10.3. The second kappa shape index (κ2) is 10.2. The van der Waals surface area contributed by atoms with Crippen molar-refractivity contribution in [1.82, 2.24) is 15.6 Å². The summed E-state index contributed by atoms with van der Waals surface area (Å²) in [4.78, 5) is 28.2. The van der Waals surface area contributed by atoms with E-state index in [4.69, 9.17) is 0 Å². The largest absolute Gasteiger partial charge is 0.353 e. The number of halogens is 2. The second-order valence-electron chi connectivity index (χ2n) is 6.62. The number of hydrogen-bond acceptors (Lipinski definition) is 5. The summed E-state index contributed by atoms with van der Waals surface area (Å²) in [5, 5.41) is 11.5. The monoisotopic (exact) mass is 396 g/mol. The third kappa shape index (κ3) is 7.34. The van der Waals surface area contributed by atoms with E-state index < -0.39 is 5.41 Å². The topological polar surface area (TPSA) is 83.1 Å². The van der Waals surface area contributed by atoms with Crippen molar-refractivity contribution < 1.29 is 9.59 Å². The van der Waals surface area contributed by atoms with Crippen LogP contribution in [0, 0.1) is 5.41 Å². The van der Waals surface area contributed by atoms with E-state index in [9.17, 15) is 9.59 Å². The fourth-order valence-electron chi connectivity index (χ4n) is 2.14. The van der Waals surface area contributed by atoms with E-state index in [1.165, 1.54) is 11.3 Å². The molecule has 1 aromatic rings. The van der Waals surface area contributed by atoms with Crippen molar-refractivity contribution in [2.24, 2.45) is 5.41 Å². The van der Waals surface area contributed by atoms with Gasteiger partial charge in [0.25, 0.3) is 0 Å². The van der Waals surface area contributed by atoms with E-state index in [1.807, 2.05) is 26.2 Å². The van der Waals surface area contributed by atoms with Crippen molar-refractivity contribution in [2.45, 2.75) is 46.1 Å². The molecule has 2 amide bonds. The number of piperidine rings is 1. The number of rotatable bonds is 4. The van der Waals surface area contributed by atoms with Gasteiger partial charge in [-0.25, -0.2) is 4.98 Å². The zero-order valence-corrected chi connectivity index (χ0v) is 16.6. The van der Waals surface area contributed by atoms with E-state index in [-0.39, 0.29) is 49.1 Å². The molecule has 0 unspecified atom stereocenters. The Labute approximate surface area is 159 Å². The van der Waals surface area contributed by atoms with Crippen molar-refractivity contribution in [3.05, 3.63) is 11.1 Å². The van der Waals surface area contributed by atoms with Gasteiger partial charge in [-0.2, -0.15) is 0 Å². The van der Waals surface area contributed by atoms with Gasteiger partial charge in [0.15, 0.2) is 5.13 Å². The Hall–Kier alpha value is -0.890. The highest BCUT2D eigenvalue weighted by Crippen LogP contribution is 2.20. The molecule has 0 saturated carbocycles. The predicted octanol–water partition coefficient (Wildman–Crippen LogP) is 2.38. The van der Waals surface area contributed by atoms with E-state index >= 15 is 0 Å². The van der Waals surface area contributed by atoms with E-state index in [0.29, 0.717) is 10.8 Å². The lowest BCUT2D eigenvalue weighted by molar-refractivity contribution is -0.123. The van der Waals surface area contributed by atoms with Crippen LogP contribution in [0.25, 0.3) is 0 Å². The first-order valence-corrected chi connectivity index (χ1v) is 8.48. The molecule has 1 aliphatic heterocycles. The number of hydrogen-bond donors (Lipinski definition) is 3. The number of carbonyl (C=O) groups excluding carboxylic acids is 2. The van der Waals surface area contributed by atoms with Crippen LogP contribution in [-0.4, -0.2) is 35.9 Å². The summed E-state index contributed by atoms with van der Waals surface area (Å²) >= 11 is 1.35. The Kier molecular flexibility index (Phi) is 9.80. The van der Waals surface area contributed by atoms with Crippen LogP contribution in [0.15, 0.2) is 5.38 Å². The predicted molar refractivity (Wildman–Crippen MR) is 102 cm³/mol. The van der Waals surface area contributed by atoms with Crippen LogP contribution in [0.3, 0.4) is 0 Å². The minimum Gasteiger partial charge on any atom is -0.353 e. The lowest BCUT2D eigenvalue weighted by Gasteiger charge is -2.23. The molecule has 2 rings (SSSR count). The lowest BCUT2D eigenvalue weighted by Crippen LogP contribution is -2.43. The third-order valence-electron chi connectivity index (χ3n) is 3.50. The number of carbonyl (C=O) groups is 2. The van der Waals surface area contributed by atoms with Crippen molar-refractivity contribution in [2.75, 3.05) is 18.4 Å². The lowest BCUT2D eigenvalue weighted by atomic mass is 9.96. The van der Waals surface area contributed by atoms with Crippen LogP contribution >= 0.6 is 36.2 Å². The number of thiazole rings is 1. The number of anilines is 1. The molecule has 1 aromatic heterocycles. The maximum atomic E-state index is 12.0. The first kappa shape index (κ1) is 23.1. The summed E-state index contributed by atoms with van der Waals surface area (Å²) in [5.74, 6) is -0.0848. The molecule has 9 heteroatoms. The van der Waals surface area contributed by atoms with E-state index in [1.54, 1.807) is 0 Å². The quantitative estimate of drug-likeness (QED) is 0.729. The molecule has 0 bridgehead atoms. The van der Waals surface area contributed by atoms with E-state index in [2.05, 4.69) is 20.9 Å². The highest BCUT2D eigenvalue weighted by molar-refractivity contribution is 7.13. The molecule has 0 atom stereocenters. The summed E-state index contributed by atoms with van der Waals surface area (Å²) in [6.07, 6.45) is 2.19. The molecule has 1 aliphatic rings. The Morgan fingerprint density at radius 2 is 1.92 bits per heavy atom. The molecule has 6 nitrogen and oxygen atoms in total. The Morgan fingerprint density at radius 1 is 1.29 bits per heavy atom. The molecule has 1 saturated heterocycles. The van der Waals surface area contributed by atoms with Crippen molar-refractivity contribution in [3.63, 3.8) is 0 Å². The minimum absolute atomic E-state index is 0. The highest BCUT2D eigenvalue weighted by atomic mass is 35.5. The van der Waals surface area contributed by atoms with Gasteiger partial charge in [0.1, 0.15) is 0 Å². The van der Waals surface area contributed by atoms with Crippen LogP contribution in [0.2, 0.25) is 0 Å². The Balaban J connectivity index is 0.00000264. The van der Waals surface area contributed by atoms with Gasteiger partial charge < -0.3 is 16.0 Å². The zero-order chi connectivity index (χ0) is 16.2. The SMILES string of the molecule is CC(C)(C)C(=O)Nc1nc(CC(=O)NC2CCNCC2)cs1.Cl.Cl. The normalized spacial score (nSPS) is 15.0. The second-order valence-corrected chi connectivity index (χ2v) is 7.47. The Bertz CT molecular complexity index is 540. The van der Waals surface area contributed by atoms with Gasteiger partial charge in [-0.1, -0.05) is 20.8 Å². The van der Waals surface area contributed by atoms with Crippen molar-refractivity contribution >= 4 is 53.1 Å². The fraction of sp³-hybridized carbons (Fsp3) is 0.667. The molecule has 0 radical (unpaired) electrons. The molecule has 0 aliphatic carbocycles. The highest BCUT2D eigenvalue weighted by Gasteiger charge is 2.22. The van der Waals surface area contributed by atoms with Gasteiger partial charge in [0.2, 0.25) is 11.8 Å². The molecular weight excluding hydrogens is 371 g/mol. The van der Waals surface area contributed by atoms with Crippen molar-refractivity contribution in [1.29, 1.82) is 0 Å². The smallest absolute Gasteiger partial charge is 0.231 e. The third-order valence-corrected chi connectivity index (χ3v) is 4.31. The first-order valence-electron chi connectivity index (χ1n) is 7.60. The maximum Gasteiger partial charge on any atom is 0.231 e. The van der Waals surface area contributed by atoms with Gasteiger partial charge in [-0.05, 0) is 25.9 Å². The summed E-state index contributed by atoms with van der Waals surface area (Å²) in [6, 6.07) is 0.257. The molecule has 138 valence electrons. The molecule has 3 N–H and O–H groups in total. The van der Waals surface area contributed by atoms with Gasteiger partial charge in [-0.3, -0.25) is 9.59 Å². The van der Waals surface area contributed by atoms with Gasteiger partial charge >= 0.3 is 0 Å². The molecular formula is C15H26Cl2N4O2S. The molecule has 2 heterocycles. The van der Waals surface area contributed by atoms with Crippen LogP contribution < -0.4 is 16.0 Å². The fourth-order valence-corrected chi connectivity index (χ4v) is 2.84. The minimum atomic E-state index is -0.460. The number of nitrogens with zero attached hydrogens (tertiary/aromatic N) is 1. The standard InChI is InChI=1S/C15H24N4O2S.2ClH/c1-15(2,3)13(21)19-14-18-11(9-22-14)8-12(20)17-10-4-6-16-7-5-10;;/h9-10,16H,4-8H2,1-3H3,(H,17,20)(H,18,19,21);2*1H. The maximum absolute atomic E-state index is 12.0.